The van der Waals surface area contributed by atoms with E-state index in [4.69, 9.17) is 12.2 Å². The standard InChI is InChI=1S/C20H19N3OS3/c1-13-7-3-5-9-16(13)23-20(25)27-19(21-23)26-14(2)18(24)22-12-11-15-8-4-6-10-17(15)22/h3-10,14H,11-12H2,1-2H3/t14-/m1/s1. The van der Waals surface area contributed by atoms with Crippen molar-refractivity contribution in [3.63, 3.8) is 0 Å². The zero-order valence-electron chi connectivity index (χ0n) is 15.1. The van der Waals surface area contributed by atoms with Crippen LogP contribution in [0.15, 0.2) is 52.9 Å². The second-order valence-corrected chi connectivity index (χ2v) is 9.67. The van der Waals surface area contributed by atoms with Gasteiger partial charge in [-0.2, -0.15) is 0 Å². The number of rotatable bonds is 4. The van der Waals surface area contributed by atoms with Crippen LogP contribution in [-0.2, 0) is 11.2 Å². The minimum Gasteiger partial charge on any atom is -0.311 e. The number of nitrogens with zero attached hydrogens (tertiary/aromatic N) is 3. The maximum Gasteiger partial charge on any atom is 0.240 e. The first kappa shape index (κ1) is 18.4. The SMILES string of the molecule is Cc1ccccc1-n1nc(S[C@H](C)C(=O)N2CCc3ccccc32)sc1=S. The van der Waals surface area contributed by atoms with Gasteiger partial charge in [0, 0.05) is 12.2 Å². The van der Waals surface area contributed by atoms with Gasteiger partial charge in [-0.3, -0.25) is 4.79 Å². The lowest BCUT2D eigenvalue weighted by molar-refractivity contribution is -0.117. The summed E-state index contributed by atoms with van der Waals surface area (Å²) in [4.78, 5) is 14.9. The van der Waals surface area contributed by atoms with Crippen molar-refractivity contribution in [2.75, 3.05) is 11.4 Å². The molecule has 1 amide bonds. The van der Waals surface area contributed by atoms with Gasteiger partial charge >= 0.3 is 0 Å². The number of aromatic nitrogens is 2. The molecule has 0 fully saturated rings. The van der Waals surface area contributed by atoms with Crippen molar-refractivity contribution < 1.29 is 4.79 Å². The third-order valence-electron chi connectivity index (χ3n) is 4.65. The molecule has 4 nitrogen and oxygen atoms in total. The zero-order chi connectivity index (χ0) is 19.0. The highest BCUT2D eigenvalue weighted by Crippen LogP contribution is 2.33. The molecule has 2 heterocycles. The van der Waals surface area contributed by atoms with Crippen LogP contribution in [0.25, 0.3) is 5.69 Å². The number of fused-ring (bicyclic) bond motifs is 1. The molecule has 0 unspecified atom stereocenters. The summed E-state index contributed by atoms with van der Waals surface area (Å²) in [5.74, 6) is 0.119. The number of amides is 1. The molecular weight excluding hydrogens is 394 g/mol. The van der Waals surface area contributed by atoms with E-state index in [1.165, 1.54) is 28.7 Å². The second-order valence-electron chi connectivity index (χ2n) is 6.46. The summed E-state index contributed by atoms with van der Waals surface area (Å²) in [5, 5.41) is 4.44. The molecule has 4 rings (SSSR count). The van der Waals surface area contributed by atoms with E-state index in [2.05, 4.69) is 11.2 Å². The molecule has 0 bridgehead atoms. The highest BCUT2D eigenvalue weighted by Gasteiger charge is 2.29. The van der Waals surface area contributed by atoms with Crippen molar-refractivity contribution in [2.24, 2.45) is 0 Å². The predicted octanol–water partition coefficient (Wildman–Crippen LogP) is 5.04. The minimum atomic E-state index is -0.220. The van der Waals surface area contributed by atoms with Crippen LogP contribution in [0, 0.1) is 10.9 Å². The number of carbonyl (C=O) groups is 1. The van der Waals surface area contributed by atoms with Crippen molar-refractivity contribution in [2.45, 2.75) is 29.9 Å². The predicted molar refractivity (Wildman–Crippen MR) is 115 cm³/mol. The van der Waals surface area contributed by atoms with E-state index in [0.717, 1.165) is 34.2 Å². The van der Waals surface area contributed by atoms with E-state index in [9.17, 15) is 4.79 Å². The van der Waals surface area contributed by atoms with E-state index in [-0.39, 0.29) is 11.2 Å². The fourth-order valence-corrected chi connectivity index (χ4v) is 5.80. The van der Waals surface area contributed by atoms with Gasteiger partial charge < -0.3 is 4.90 Å². The van der Waals surface area contributed by atoms with E-state index < -0.39 is 0 Å². The molecule has 2 aromatic carbocycles. The van der Waals surface area contributed by atoms with E-state index in [1.807, 2.05) is 61.2 Å². The van der Waals surface area contributed by atoms with E-state index >= 15 is 0 Å². The number of hydrogen-bond acceptors (Lipinski definition) is 5. The van der Waals surface area contributed by atoms with Crippen LogP contribution < -0.4 is 4.90 Å². The van der Waals surface area contributed by atoms with E-state index in [0.29, 0.717) is 3.95 Å². The van der Waals surface area contributed by atoms with Gasteiger partial charge in [0.05, 0.1) is 10.9 Å². The first-order valence-electron chi connectivity index (χ1n) is 8.76. The Morgan fingerprint density at radius 1 is 1.19 bits per heavy atom. The Hall–Kier alpha value is -1.96. The van der Waals surface area contributed by atoms with Gasteiger partial charge in [0.2, 0.25) is 5.91 Å². The molecule has 0 N–H and O–H groups in total. The van der Waals surface area contributed by atoms with Crippen LogP contribution in [0.4, 0.5) is 5.69 Å². The molecular formula is C20H19N3OS3. The number of benzene rings is 2. The number of thioether (sulfide) groups is 1. The monoisotopic (exact) mass is 413 g/mol. The molecule has 0 saturated carbocycles. The smallest absolute Gasteiger partial charge is 0.240 e. The third-order valence-corrected chi connectivity index (χ3v) is 7.06. The molecule has 0 spiro atoms. The van der Waals surface area contributed by atoms with Crippen LogP contribution >= 0.6 is 35.3 Å². The molecule has 1 atom stereocenters. The average Bonchev–Trinajstić information content (AvgIpc) is 3.25. The van der Waals surface area contributed by atoms with Crippen LogP contribution in [0.3, 0.4) is 0 Å². The quantitative estimate of drug-likeness (QED) is 0.444. The Bertz CT molecular complexity index is 1060. The van der Waals surface area contributed by atoms with Crippen LogP contribution in [0.1, 0.15) is 18.1 Å². The molecule has 0 radical (unpaired) electrons. The molecule has 27 heavy (non-hydrogen) atoms. The molecule has 1 aliphatic heterocycles. The van der Waals surface area contributed by atoms with Crippen LogP contribution in [-0.4, -0.2) is 27.5 Å². The summed E-state index contributed by atoms with van der Waals surface area (Å²) >= 11 is 8.43. The number of anilines is 1. The highest BCUT2D eigenvalue weighted by molar-refractivity contribution is 8.02. The summed E-state index contributed by atoms with van der Waals surface area (Å²) in [5.41, 5.74) is 4.38. The van der Waals surface area contributed by atoms with Crippen molar-refractivity contribution in [3.8, 4) is 5.69 Å². The second kappa shape index (κ2) is 7.58. The Balaban J connectivity index is 1.53. The van der Waals surface area contributed by atoms with Gasteiger partial charge in [0.1, 0.15) is 0 Å². The lowest BCUT2D eigenvalue weighted by atomic mass is 10.2. The van der Waals surface area contributed by atoms with Gasteiger partial charge in [0.25, 0.3) is 0 Å². The topological polar surface area (TPSA) is 38.1 Å². The summed E-state index contributed by atoms with van der Waals surface area (Å²) in [7, 11) is 0. The van der Waals surface area contributed by atoms with E-state index in [1.54, 1.807) is 4.68 Å². The van der Waals surface area contributed by atoms with Crippen molar-refractivity contribution in [1.82, 2.24) is 9.78 Å². The molecule has 3 aromatic rings. The fraction of sp³-hybridized carbons (Fsp3) is 0.250. The largest absolute Gasteiger partial charge is 0.311 e. The zero-order valence-corrected chi connectivity index (χ0v) is 17.5. The molecule has 0 saturated heterocycles. The maximum absolute atomic E-state index is 13.0. The molecule has 1 aromatic heterocycles. The number of carbonyl (C=O) groups excluding carboxylic acids is 1. The summed E-state index contributed by atoms with van der Waals surface area (Å²) in [6.45, 7) is 4.73. The summed E-state index contributed by atoms with van der Waals surface area (Å²) < 4.78 is 3.30. The first-order chi connectivity index (χ1) is 13.0. The van der Waals surface area contributed by atoms with Crippen LogP contribution in [0.2, 0.25) is 0 Å². The normalized spacial score (nSPS) is 14.2. The summed E-state index contributed by atoms with van der Waals surface area (Å²) in [6, 6.07) is 16.2. The minimum absolute atomic E-state index is 0.119. The Morgan fingerprint density at radius 2 is 1.89 bits per heavy atom. The van der Waals surface area contributed by atoms with Crippen molar-refractivity contribution in [3.05, 3.63) is 63.6 Å². The van der Waals surface area contributed by atoms with Crippen molar-refractivity contribution >= 4 is 46.9 Å². The van der Waals surface area contributed by atoms with Gasteiger partial charge in [-0.25, -0.2) is 4.68 Å². The fourth-order valence-electron chi connectivity index (χ4n) is 3.25. The molecule has 1 aliphatic rings. The Labute approximate surface area is 171 Å². The molecule has 0 aliphatic carbocycles. The number of hydrogen-bond donors (Lipinski definition) is 0. The first-order valence-corrected chi connectivity index (χ1v) is 10.9. The molecule has 7 heteroatoms. The van der Waals surface area contributed by atoms with Crippen molar-refractivity contribution in [1.29, 1.82) is 0 Å². The van der Waals surface area contributed by atoms with Crippen LogP contribution in [0.5, 0.6) is 0 Å². The van der Waals surface area contributed by atoms with Gasteiger partial charge in [-0.05, 0) is 55.7 Å². The summed E-state index contributed by atoms with van der Waals surface area (Å²) in [6.07, 6.45) is 0.917. The average molecular weight is 414 g/mol. The van der Waals surface area contributed by atoms with Gasteiger partial charge in [-0.15, -0.1) is 5.10 Å². The number of para-hydroxylation sites is 2. The third kappa shape index (κ3) is 3.59. The van der Waals surface area contributed by atoms with Gasteiger partial charge in [-0.1, -0.05) is 59.5 Å². The maximum atomic E-state index is 13.0. The Kier molecular flexibility index (Phi) is 5.16. The Morgan fingerprint density at radius 3 is 2.67 bits per heavy atom. The highest BCUT2D eigenvalue weighted by atomic mass is 32.2. The lowest BCUT2D eigenvalue weighted by Gasteiger charge is -2.20. The van der Waals surface area contributed by atoms with Gasteiger partial charge in [0.15, 0.2) is 8.29 Å². The molecule has 138 valence electrons. The lowest BCUT2D eigenvalue weighted by Crippen LogP contribution is -2.35. The number of aryl methyl sites for hydroxylation is 1.